The quantitative estimate of drug-likeness (QED) is 0.0939. The van der Waals surface area contributed by atoms with Crippen LogP contribution in [0.25, 0.3) is 17.2 Å². The van der Waals surface area contributed by atoms with Crippen LogP contribution in [0, 0.1) is 6.92 Å². The number of alkyl halides is 2. The minimum absolute atomic E-state index is 0.0535. The Labute approximate surface area is 271 Å². The van der Waals surface area contributed by atoms with Crippen LogP contribution in [-0.4, -0.2) is 45.9 Å². The highest BCUT2D eigenvalue weighted by Gasteiger charge is 2.18. The summed E-state index contributed by atoms with van der Waals surface area (Å²) in [5.74, 6) is 0.594. The topological polar surface area (TPSA) is 83.7 Å². The normalized spacial score (nSPS) is 12.2. The summed E-state index contributed by atoms with van der Waals surface area (Å²) in [4.78, 5) is 13.4. The molecule has 246 valence electrons. The number of carbonyl (C=O) groups is 1. The number of anilines is 1. The fourth-order valence-corrected chi connectivity index (χ4v) is 6.10. The predicted molar refractivity (Wildman–Crippen MR) is 178 cm³/mol. The fourth-order valence-electron chi connectivity index (χ4n) is 4.88. The lowest BCUT2D eigenvalue weighted by Gasteiger charge is -2.28. The van der Waals surface area contributed by atoms with E-state index in [1.54, 1.807) is 36.4 Å². The van der Waals surface area contributed by atoms with E-state index in [0.717, 1.165) is 41.9 Å². The van der Waals surface area contributed by atoms with Crippen LogP contribution < -0.4 is 14.8 Å². The van der Waals surface area contributed by atoms with E-state index < -0.39 is 23.3 Å². The van der Waals surface area contributed by atoms with Gasteiger partial charge in [0.15, 0.2) is 0 Å². The Morgan fingerprint density at radius 2 is 1.67 bits per heavy atom. The molecule has 4 aromatic rings. The molecule has 4 rings (SSSR count). The standard InChI is InChI=1S/C35H41F2N3O5S/c1-5-19-40-32(25(3)39(40)4)24-46(42)31-15-11-29(12-16-31)38-34(41)18-10-28-23-27(9-17-33(28)45-35(36)37)26-7-13-30(14-8-26)44-22-21-43-20-6-2/h7-18,23,35H,5-6,19-22,24H2,1-4H3,(H,38,41)/b18-10+/t46-/m0/s1. The Hall–Kier alpha value is -4.22. The largest absolute Gasteiger partial charge is 0.491 e. The van der Waals surface area contributed by atoms with Crippen LogP contribution in [0.2, 0.25) is 0 Å². The van der Waals surface area contributed by atoms with Gasteiger partial charge in [-0.1, -0.05) is 32.0 Å². The maximum Gasteiger partial charge on any atom is 0.387 e. The average molecular weight is 654 g/mol. The van der Waals surface area contributed by atoms with E-state index in [0.29, 0.717) is 47.5 Å². The van der Waals surface area contributed by atoms with Crippen LogP contribution in [0.4, 0.5) is 14.5 Å². The Balaban J connectivity index is 1.40. The summed E-state index contributed by atoms with van der Waals surface area (Å²) >= 11 is 0. The summed E-state index contributed by atoms with van der Waals surface area (Å²) in [7, 11) is 0.753. The molecule has 0 saturated carbocycles. The number of aromatic nitrogens is 2. The molecular formula is C35H41F2N3O5S. The molecule has 1 N–H and O–H groups in total. The summed E-state index contributed by atoms with van der Waals surface area (Å²) in [6, 6.07) is 19.0. The highest BCUT2D eigenvalue weighted by Crippen LogP contribution is 2.30. The van der Waals surface area contributed by atoms with Gasteiger partial charge in [-0.2, -0.15) is 8.78 Å². The molecule has 0 spiro atoms. The first-order chi connectivity index (χ1) is 22.2. The number of hydrogen-bond donors (Lipinski definition) is 1. The van der Waals surface area contributed by atoms with Crippen molar-refractivity contribution in [1.82, 2.24) is 9.36 Å². The number of nitrogens with zero attached hydrogens (tertiary/aromatic N) is 2. The zero-order valence-corrected chi connectivity index (χ0v) is 27.4. The number of amides is 1. The van der Waals surface area contributed by atoms with Crippen molar-refractivity contribution < 1.29 is 32.0 Å². The number of benzene rings is 3. The van der Waals surface area contributed by atoms with Crippen molar-refractivity contribution in [2.24, 2.45) is 7.05 Å². The van der Waals surface area contributed by atoms with E-state index in [1.165, 1.54) is 18.2 Å². The van der Waals surface area contributed by atoms with Crippen LogP contribution in [-0.2, 0) is 39.7 Å². The Bertz CT molecular complexity index is 1630. The Morgan fingerprint density at radius 3 is 2.35 bits per heavy atom. The number of nitrogens with one attached hydrogen (secondary N) is 1. The smallest absolute Gasteiger partial charge is 0.387 e. The molecule has 0 saturated heterocycles. The molecule has 1 aromatic heterocycles. The van der Waals surface area contributed by atoms with Crippen molar-refractivity contribution in [2.75, 3.05) is 25.1 Å². The summed E-state index contributed by atoms with van der Waals surface area (Å²) in [5, 5.41) is 2.76. The predicted octanol–water partition coefficient (Wildman–Crippen LogP) is 7.58. The molecule has 1 heterocycles. The second kappa shape index (κ2) is 16.9. The van der Waals surface area contributed by atoms with Gasteiger partial charge in [-0.25, -0.2) is 0 Å². The van der Waals surface area contributed by atoms with Crippen molar-refractivity contribution in [2.45, 2.75) is 57.4 Å². The second-order valence-electron chi connectivity index (χ2n) is 10.6. The van der Waals surface area contributed by atoms with E-state index in [9.17, 15) is 17.8 Å². The van der Waals surface area contributed by atoms with Gasteiger partial charge in [-0.15, -0.1) is 0 Å². The number of halogens is 2. The first-order valence-corrected chi connectivity index (χ1v) is 16.6. The van der Waals surface area contributed by atoms with Gasteiger partial charge < -0.3 is 19.5 Å². The molecule has 11 heteroatoms. The van der Waals surface area contributed by atoms with E-state index in [4.69, 9.17) is 14.2 Å². The van der Waals surface area contributed by atoms with Gasteiger partial charge in [0.1, 0.15) is 18.1 Å². The first kappa shape index (κ1) is 34.6. The maximum atomic E-state index is 13.1. The van der Waals surface area contributed by atoms with Crippen molar-refractivity contribution in [3.63, 3.8) is 0 Å². The minimum atomic E-state index is -3.02. The molecule has 0 aliphatic rings. The third-order valence-corrected chi connectivity index (χ3v) is 8.67. The van der Waals surface area contributed by atoms with Crippen LogP contribution in [0.3, 0.4) is 0 Å². The van der Waals surface area contributed by atoms with Crippen LogP contribution >= 0.6 is 0 Å². The lowest BCUT2D eigenvalue weighted by atomic mass is 10.0. The third kappa shape index (κ3) is 9.40. The lowest BCUT2D eigenvalue weighted by molar-refractivity contribution is -0.111. The zero-order valence-electron chi connectivity index (χ0n) is 26.6. The van der Waals surface area contributed by atoms with Crippen molar-refractivity contribution in [3.8, 4) is 22.6 Å². The molecular weight excluding hydrogens is 612 g/mol. The molecule has 0 radical (unpaired) electrons. The van der Waals surface area contributed by atoms with Gasteiger partial charge in [-0.3, -0.25) is 18.4 Å². The molecule has 0 aliphatic carbocycles. The first-order valence-electron chi connectivity index (χ1n) is 15.3. The monoisotopic (exact) mass is 653 g/mol. The molecule has 0 aliphatic heterocycles. The number of hydrogen-bond acceptors (Lipinski definition) is 5. The SMILES string of the molecule is CCCOCCOc1ccc(-c2ccc(OC(F)F)c(/C=C/C(=O)Nc3ccc([S@@](=O)Cc4c(C)n(C)n4CCC)cc3)c2)cc1. The second-order valence-corrected chi connectivity index (χ2v) is 12.1. The molecule has 1 atom stereocenters. The van der Waals surface area contributed by atoms with Crippen LogP contribution in [0.15, 0.2) is 77.7 Å². The molecule has 1 amide bonds. The highest BCUT2D eigenvalue weighted by atomic mass is 32.2. The van der Waals surface area contributed by atoms with Gasteiger partial charge >= 0.3 is 6.61 Å². The van der Waals surface area contributed by atoms with E-state index >= 15 is 0 Å². The molecule has 46 heavy (non-hydrogen) atoms. The Morgan fingerprint density at radius 1 is 0.957 bits per heavy atom. The highest BCUT2D eigenvalue weighted by molar-refractivity contribution is 7.84. The lowest BCUT2D eigenvalue weighted by Crippen LogP contribution is -2.29. The summed E-state index contributed by atoms with van der Waals surface area (Å²) in [6.45, 7) is 5.66. The minimum Gasteiger partial charge on any atom is -0.491 e. The molecule has 0 unspecified atom stereocenters. The van der Waals surface area contributed by atoms with E-state index in [-0.39, 0.29) is 5.75 Å². The maximum absolute atomic E-state index is 13.1. The number of carbonyl (C=O) groups excluding carboxylic acids is 1. The van der Waals surface area contributed by atoms with E-state index in [1.807, 2.05) is 45.2 Å². The van der Waals surface area contributed by atoms with Crippen molar-refractivity contribution in [3.05, 3.63) is 89.8 Å². The number of ether oxygens (including phenoxy) is 3. The molecule has 8 nitrogen and oxygen atoms in total. The molecule has 0 bridgehead atoms. The zero-order chi connectivity index (χ0) is 33.1. The van der Waals surface area contributed by atoms with Crippen molar-refractivity contribution >= 4 is 28.5 Å². The molecule has 3 aromatic carbocycles. The van der Waals surface area contributed by atoms with Crippen molar-refractivity contribution in [1.29, 1.82) is 0 Å². The summed E-state index contributed by atoms with van der Waals surface area (Å²) in [5.41, 5.74) is 4.59. The van der Waals surface area contributed by atoms with Crippen LogP contribution in [0.1, 0.15) is 43.6 Å². The van der Waals surface area contributed by atoms with Gasteiger partial charge in [0.2, 0.25) is 5.91 Å². The Kier molecular flexibility index (Phi) is 12.7. The van der Waals surface area contributed by atoms with Gasteiger partial charge in [-0.05, 0) is 85.5 Å². The van der Waals surface area contributed by atoms with Gasteiger partial charge in [0.05, 0.1) is 34.5 Å². The van der Waals surface area contributed by atoms with Gasteiger partial charge in [0.25, 0.3) is 0 Å². The van der Waals surface area contributed by atoms with Crippen LogP contribution in [0.5, 0.6) is 11.5 Å². The average Bonchev–Trinajstić information content (AvgIpc) is 3.06. The number of rotatable bonds is 17. The van der Waals surface area contributed by atoms with Gasteiger partial charge in [0, 0.05) is 42.4 Å². The fraction of sp³-hybridized carbons (Fsp3) is 0.343. The third-order valence-electron chi connectivity index (χ3n) is 7.34. The van der Waals surface area contributed by atoms with E-state index in [2.05, 4.69) is 21.6 Å². The molecule has 0 fully saturated rings. The summed E-state index contributed by atoms with van der Waals surface area (Å²) < 4.78 is 59.3. The summed E-state index contributed by atoms with van der Waals surface area (Å²) in [6.07, 6.45) is 4.63.